The number of hydrogen-bond acceptors (Lipinski definition) is 4. The Hall–Kier alpha value is -1.59. The molecule has 0 fully saturated rings. The first-order valence-corrected chi connectivity index (χ1v) is 7.59. The maximum atomic E-state index is 12.2. The van der Waals surface area contributed by atoms with Gasteiger partial charge in [-0.2, -0.15) is 0 Å². The summed E-state index contributed by atoms with van der Waals surface area (Å²) in [5.74, 6) is -0.0863. The molecule has 106 valence electrons. The van der Waals surface area contributed by atoms with Gasteiger partial charge in [-0.15, -0.1) is 11.3 Å². The second-order valence-electron chi connectivity index (χ2n) is 4.39. The number of anilines is 2. The molecule has 0 radical (unpaired) electrons. The number of nitrogens with zero attached hydrogens (tertiary/aromatic N) is 1. The smallest absolute Gasteiger partial charge is 0.248 e. The van der Waals surface area contributed by atoms with E-state index in [1.807, 2.05) is 37.4 Å². The monoisotopic (exact) mass is 309 g/mol. The highest BCUT2D eigenvalue weighted by Gasteiger charge is 2.17. The number of amides is 1. The van der Waals surface area contributed by atoms with E-state index in [1.54, 1.807) is 6.20 Å². The van der Waals surface area contributed by atoms with Crippen molar-refractivity contribution in [3.05, 3.63) is 40.4 Å². The lowest BCUT2D eigenvalue weighted by molar-refractivity contribution is -0.116. The van der Waals surface area contributed by atoms with Crippen molar-refractivity contribution >= 4 is 39.7 Å². The van der Waals surface area contributed by atoms with Gasteiger partial charge in [0.15, 0.2) is 5.13 Å². The summed E-state index contributed by atoms with van der Waals surface area (Å²) < 4.78 is 0. The van der Waals surface area contributed by atoms with Crippen LogP contribution in [0.5, 0.6) is 0 Å². The van der Waals surface area contributed by atoms with Gasteiger partial charge < -0.3 is 10.6 Å². The highest BCUT2D eigenvalue weighted by atomic mass is 35.5. The van der Waals surface area contributed by atoms with Crippen LogP contribution >= 0.6 is 22.9 Å². The summed E-state index contributed by atoms with van der Waals surface area (Å²) in [5.41, 5.74) is 1.92. The summed E-state index contributed by atoms with van der Waals surface area (Å²) in [6.07, 6.45) is 2.34. The predicted octanol–water partition coefficient (Wildman–Crippen LogP) is 3.93. The van der Waals surface area contributed by atoms with Crippen molar-refractivity contribution in [2.45, 2.75) is 26.3 Å². The molecule has 1 amide bonds. The summed E-state index contributed by atoms with van der Waals surface area (Å²) in [4.78, 5) is 16.2. The van der Waals surface area contributed by atoms with E-state index >= 15 is 0 Å². The second kappa shape index (κ2) is 6.72. The lowest BCUT2D eigenvalue weighted by atomic mass is 10.1. The van der Waals surface area contributed by atoms with Gasteiger partial charge in [-0.25, -0.2) is 4.98 Å². The summed E-state index contributed by atoms with van der Waals surface area (Å²) in [5, 5.41) is 9.18. The number of hydrogen-bond donors (Lipinski definition) is 2. The van der Waals surface area contributed by atoms with Crippen LogP contribution in [0, 0.1) is 6.92 Å². The van der Waals surface area contributed by atoms with Crippen LogP contribution in [0.4, 0.5) is 10.8 Å². The average Bonchev–Trinajstić information content (AvgIpc) is 2.90. The van der Waals surface area contributed by atoms with Crippen LogP contribution in [-0.2, 0) is 4.79 Å². The molecule has 1 heterocycles. The highest BCUT2D eigenvalue weighted by molar-refractivity contribution is 7.13. The van der Waals surface area contributed by atoms with Crippen molar-refractivity contribution in [2.24, 2.45) is 0 Å². The molecular weight excluding hydrogens is 294 g/mol. The molecule has 0 unspecified atom stereocenters. The average molecular weight is 310 g/mol. The van der Waals surface area contributed by atoms with E-state index in [1.165, 1.54) is 11.3 Å². The zero-order valence-electron chi connectivity index (χ0n) is 11.3. The zero-order valence-corrected chi connectivity index (χ0v) is 12.9. The van der Waals surface area contributed by atoms with Gasteiger partial charge in [0.1, 0.15) is 6.04 Å². The Labute approximate surface area is 127 Å². The Morgan fingerprint density at radius 3 is 2.90 bits per heavy atom. The van der Waals surface area contributed by atoms with Crippen LogP contribution < -0.4 is 10.6 Å². The molecular formula is C14H16ClN3OS. The Balaban J connectivity index is 2.06. The number of nitrogens with one attached hydrogen (secondary N) is 2. The van der Waals surface area contributed by atoms with E-state index in [-0.39, 0.29) is 11.9 Å². The highest BCUT2D eigenvalue weighted by Crippen LogP contribution is 2.21. The fraction of sp³-hybridized carbons (Fsp3) is 0.286. The number of thiazole rings is 1. The molecule has 6 heteroatoms. The molecule has 0 aliphatic carbocycles. The zero-order chi connectivity index (χ0) is 14.5. The molecule has 0 saturated carbocycles. The first-order chi connectivity index (χ1) is 9.60. The molecule has 0 saturated heterocycles. The maximum absolute atomic E-state index is 12.2. The summed E-state index contributed by atoms with van der Waals surface area (Å²) in [6, 6.07) is 5.26. The summed E-state index contributed by atoms with van der Waals surface area (Å²) in [7, 11) is 0. The first-order valence-electron chi connectivity index (χ1n) is 6.33. The van der Waals surface area contributed by atoms with Gasteiger partial charge >= 0.3 is 0 Å². The van der Waals surface area contributed by atoms with Crippen LogP contribution in [0.15, 0.2) is 29.8 Å². The maximum Gasteiger partial charge on any atom is 0.248 e. The van der Waals surface area contributed by atoms with E-state index < -0.39 is 0 Å². The molecule has 0 spiro atoms. The quantitative estimate of drug-likeness (QED) is 0.879. The van der Waals surface area contributed by atoms with E-state index in [9.17, 15) is 4.79 Å². The minimum Gasteiger partial charge on any atom is -0.373 e. The van der Waals surface area contributed by atoms with Crippen LogP contribution in [0.1, 0.15) is 18.9 Å². The SMILES string of the molecule is CC[C@H](Nc1ccc(Cl)cc1C)C(=O)Nc1nccs1. The topological polar surface area (TPSA) is 54.0 Å². The minimum atomic E-state index is -0.307. The van der Waals surface area contributed by atoms with E-state index in [2.05, 4.69) is 15.6 Å². The van der Waals surface area contributed by atoms with Crippen molar-refractivity contribution in [1.82, 2.24) is 4.98 Å². The Bertz CT molecular complexity index is 586. The van der Waals surface area contributed by atoms with Gasteiger partial charge in [0, 0.05) is 22.3 Å². The molecule has 2 N–H and O–H groups in total. The number of carbonyl (C=O) groups excluding carboxylic acids is 1. The lowest BCUT2D eigenvalue weighted by Crippen LogP contribution is -2.34. The first kappa shape index (κ1) is 14.8. The molecule has 2 rings (SSSR count). The van der Waals surface area contributed by atoms with Gasteiger partial charge in [-0.1, -0.05) is 18.5 Å². The molecule has 0 aliphatic heterocycles. The van der Waals surface area contributed by atoms with Crippen molar-refractivity contribution in [1.29, 1.82) is 0 Å². The fourth-order valence-electron chi connectivity index (χ4n) is 1.81. The molecule has 2 aromatic rings. The molecule has 1 atom stereocenters. The van der Waals surface area contributed by atoms with Crippen LogP contribution in [0.2, 0.25) is 5.02 Å². The number of halogens is 1. The van der Waals surface area contributed by atoms with Crippen LogP contribution in [0.25, 0.3) is 0 Å². The van der Waals surface area contributed by atoms with Crippen molar-refractivity contribution in [2.75, 3.05) is 10.6 Å². The normalized spacial score (nSPS) is 11.9. The Morgan fingerprint density at radius 1 is 1.50 bits per heavy atom. The van der Waals surface area contributed by atoms with E-state index in [0.717, 1.165) is 11.3 Å². The largest absolute Gasteiger partial charge is 0.373 e. The van der Waals surface area contributed by atoms with Crippen molar-refractivity contribution in [3.8, 4) is 0 Å². The molecule has 4 nitrogen and oxygen atoms in total. The van der Waals surface area contributed by atoms with Crippen molar-refractivity contribution in [3.63, 3.8) is 0 Å². The van der Waals surface area contributed by atoms with E-state index in [0.29, 0.717) is 16.6 Å². The number of aromatic nitrogens is 1. The summed E-state index contributed by atoms with van der Waals surface area (Å²) in [6.45, 7) is 3.92. The Kier molecular flexibility index (Phi) is 4.98. The molecule has 1 aromatic carbocycles. The van der Waals surface area contributed by atoms with Gasteiger partial charge in [0.2, 0.25) is 5.91 Å². The predicted molar refractivity (Wildman–Crippen MR) is 84.6 cm³/mol. The molecule has 1 aromatic heterocycles. The van der Waals surface area contributed by atoms with Gasteiger partial charge in [-0.3, -0.25) is 4.79 Å². The standard InChI is InChI=1S/C14H16ClN3OS/c1-3-11(13(19)18-14-16-6-7-20-14)17-12-5-4-10(15)8-9(12)2/h4-8,11,17H,3H2,1-2H3,(H,16,18,19)/t11-/m0/s1. The Morgan fingerprint density at radius 2 is 2.30 bits per heavy atom. The van der Waals surface area contributed by atoms with Crippen LogP contribution in [0.3, 0.4) is 0 Å². The van der Waals surface area contributed by atoms with Crippen LogP contribution in [-0.4, -0.2) is 16.9 Å². The third-order valence-corrected chi connectivity index (χ3v) is 3.83. The number of carbonyl (C=O) groups is 1. The number of aryl methyl sites for hydroxylation is 1. The fourth-order valence-corrected chi connectivity index (χ4v) is 2.57. The molecule has 0 aliphatic rings. The number of rotatable bonds is 5. The van der Waals surface area contributed by atoms with Gasteiger partial charge in [0.05, 0.1) is 0 Å². The number of benzene rings is 1. The molecule has 0 bridgehead atoms. The third-order valence-electron chi connectivity index (χ3n) is 2.91. The lowest BCUT2D eigenvalue weighted by Gasteiger charge is -2.18. The summed E-state index contributed by atoms with van der Waals surface area (Å²) >= 11 is 7.33. The minimum absolute atomic E-state index is 0.0863. The van der Waals surface area contributed by atoms with E-state index in [4.69, 9.17) is 11.6 Å². The second-order valence-corrected chi connectivity index (χ2v) is 5.72. The van der Waals surface area contributed by atoms with Gasteiger partial charge in [0.25, 0.3) is 0 Å². The van der Waals surface area contributed by atoms with Gasteiger partial charge in [-0.05, 0) is 37.1 Å². The van der Waals surface area contributed by atoms with Crippen molar-refractivity contribution < 1.29 is 4.79 Å². The third kappa shape index (κ3) is 3.71. The molecule has 20 heavy (non-hydrogen) atoms.